The Hall–Kier alpha value is -2.94. The molecule has 26 heavy (non-hydrogen) atoms. The maximum atomic E-state index is 12.2. The molecule has 0 saturated heterocycles. The molecule has 0 radical (unpaired) electrons. The zero-order valence-corrected chi connectivity index (χ0v) is 15.3. The SMILES string of the molecule is CC(C)(C)c1ccc(S(=O)(=O)N/N=C/c2cc([N+](=O)[O-])ccc2O)cc1. The predicted octanol–water partition coefficient (Wildman–Crippen LogP) is 2.91. The van der Waals surface area contributed by atoms with Gasteiger partial charge in [-0.25, -0.2) is 4.83 Å². The van der Waals surface area contributed by atoms with Crippen molar-refractivity contribution >= 4 is 21.9 Å². The van der Waals surface area contributed by atoms with E-state index in [1.165, 1.54) is 12.1 Å². The van der Waals surface area contributed by atoms with E-state index in [2.05, 4.69) is 5.10 Å². The number of hydrogen-bond acceptors (Lipinski definition) is 6. The van der Waals surface area contributed by atoms with Gasteiger partial charge < -0.3 is 5.11 Å². The van der Waals surface area contributed by atoms with Crippen molar-refractivity contribution in [1.29, 1.82) is 0 Å². The molecule has 8 nitrogen and oxygen atoms in total. The van der Waals surface area contributed by atoms with E-state index in [0.717, 1.165) is 30.0 Å². The third-order valence-electron chi connectivity index (χ3n) is 3.63. The number of non-ortho nitro benzene ring substituents is 1. The highest BCUT2D eigenvalue weighted by molar-refractivity contribution is 7.89. The number of nitrogens with zero attached hydrogens (tertiary/aromatic N) is 2. The van der Waals surface area contributed by atoms with Crippen molar-refractivity contribution < 1.29 is 18.4 Å². The minimum atomic E-state index is -3.90. The molecule has 0 spiro atoms. The lowest BCUT2D eigenvalue weighted by Gasteiger charge is -2.19. The van der Waals surface area contributed by atoms with Gasteiger partial charge in [-0.05, 0) is 29.2 Å². The van der Waals surface area contributed by atoms with Gasteiger partial charge in [-0.2, -0.15) is 13.5 Å². The van der Waals surface area contributed by atoms with Crippen LogP contribution in [0.3, 0.4) is 0 Å². The number of nitro benzene ring substituents is 1. The Morgan fingerprint density at radius 1 is 1.15 bits per heavy atom. The molecule has 0 bridgehead atoms. The smallest absolute Gasteiger partial charge is 0.276 e. The van der Waals surface area contributed by atoms with E-state index >= 15 is 0 Å². The standard InChI is InChI=1S/C17H19N3O5S/c1-17(2,3)13-4-7-15(8-5-13)26(24,25)19-18-11-12-10-14(20(22)23)6-9-16(12)21/h4-11,19,21H,1-3H3/b18-11+. The molecular weight excluding hydrogens is 358 g/mol. The van der Waals surface area contributed by atoms with Crippen LogP contribution in [-0.4, -0.2) is 24.7 Å². The fourth-order valence-corrected chi connectivity index (χ4v) is 2.90. The van der Waals surface area contributed by atoms with Gasteiger partial charge in [0.1, 0.15) is 5.75 Å². The zero-order valence-electron chi connectivity index (χ0n) is 14.5. The molecule has 2 N–H and O–H groups in total. The first kappa shape index (κ1) is 19.4. The summed E-state index contributed by atoms with van der Waals surface area (Å²) in [5.74, 6) is -0.256. The first-order valence-corrected chi connectivity index (χ1v) is 9.12. The number of nitrogens with one attached hydrogen (secondary N) is 1. The summed E-state index contributed by atoms with van der Waals surface area (Å²) in [6, 6.07) is 9.76. The lowest BCUT2D eigenvalue weighted by atomic mass is 9.87. The normalized spacial score (nSPS) is 12.3. The summed E-state index contributed by atoms with van der Waals surface area (Å²) in [5.41, 5.74) is 0.657. The third kappa shape index (κ3) is 4.57. The summed E-state index contributed by atoms with van der Waals surface area (Å²) in [6.45, 7) is 6.06. The molecule has 0 fully saturated rings. The van der Waals surface area contributed by atoms with Gasteiger partial charge in [-0.3, -0.25) is 10.1 Å². The minimum absolute atomic E-state index is 0.0185. The highest BCUT2D eigenvalue weighted by atomic mass is 32.2. The molecule has 0 amide bonds. The molecule has 0 saturated carbocycles. The molecule has 2 aromatic carbocycles. The van der Waals surface area contributed by atoms with Crippen molar-refractivity contribution in [3.05, 3.63) is 63.7 Å². The van der Waals surface area contributed by atoms with Gasteiger partial charge in [0.2, 0.25) is 0 Å². The molecule has 2 rings (SSSR count). The Balaban J connectivity index is 2.19. The average molecular weight is 377 g/mol. The molecule has 9 heteroatoms. The monoisotopic (exact) mass is 377 g/mol. The summed E-state index contributed by atoms with van der Waals surface area (Å²) < 4.78 is 24.5. The van der Waals surface area contributed by atoms with E-state index in [1.807, 2.05) is 25.6 Å². The highest BCUT2D eigenvalue weighted by Gasteiger charge is 2.17. The molecule has 2 aromatic rings. The van der Waals surface area contributed by atoms with Crippen LogP contribution in [0.4, 0.5) is 5.69 Å². The number of sulfonamides is 1. The number of hydrazone groups is 1. The summed E-state index contributed by atoms with van der Waals surface area (Å²) >= 11 is 0. The maximum Gasteiger partial charge on any atom is 0.276 e. The van der Waals surface area contributed by atoms with Crippen LogP contribution in [0.2, 0.25) is 0 Å². The molecule has 0 aromatic heterocycles. The molecular formula is C17H19N3O5S. The Kier molecular flexibility index (Phi) is 5.31. The van der Waals surface area contributed by atoms with Crippen LogP contribution in [-0.2, 0) is 15.4 Å². The van der Waals surface area contributed by atoms with E-state index < -0.39 is 14.9 Å². The van der Waals surface area contributed by atoms with Crippen molar-refractivity contribution in [3.8, 4) is 5.75 Å². The number of benzene rings is 2. The second-order valence-electron chi connectivity index (χ2n) is 6.63. The molecule has 0 atom stereocenters. The number of phenols is 1. The number of phenolic OH excluding ortho intramolecular Hbond substituents is 1. The molecule has 0 aliphatic heterocycles. The summed E-state index contributed by atoms with van der Waals surface area (Å²) in [5, 5.41) is 24.0. The highest BCUT2D eigenvalue weighted by Crippen LogP contribution is 2.23. The summed E-state index contributed by atoms with van der Waals surface area (Å²) in [4.78, 5) is 12.2. The van der Waals surface area contributed by atoms with Crippen LogP contribution in [0.15, 0.2) is 52.5 Å². The molecule has 0 aliphatic rings. The number of aromatic hydroxyl groups is 1. The van der Waals surface area contributed by atoms with Crippen molar-refractivity contribution in [2.75, 3.05) is 0 Å². The minimum Gasteiger partial charge on any atom is -0.507 e. The Bertz CT molecular complexity index is 945. The van der Waals surface area contributed by atoms with Gasteiger partial charge >= 0.3 is 0 Å². The largest absolute Gasteiger partial charge is 0.507 e. The molecule has 0 aliphatic carbocycles. The van der Waals surface area contributed by atoms with Gasteiger partial charge in [-0.1, -0.05) is 32.9 Å². The molecule has 138 valence electrons. The number of nitro groups is 1. The second kappa shape index (κ2) is 7.12. The quantitative estimate of drug-likeness (QED) is 0.471. The van der Waals surface area contributed by atoms with E-state index in [-0.39, 0.29) is 27.3 Å². The lowest BCUT2D eigenvalue weighted by Crippen LogP contribution is -2.19. The van der Waals surface area contributed by atoms with Crippen LogP contribution in [0.1, 0.15) is 31.9 Å². The predicted molar refractivity (Wildman–Crippen MR) is 97.8 cm³/mol. The van der Waals surface area contributed by atoms with Gasteiger partial charge in [0.25, 0.3) is 15.7 Å². The first-order chi connectivity index (χ1) is 12.0. The fraction of sp³-hybridized carbons (Fsp3) is 0.235. The topological polar surface area (TPSA) is 122 Å². The molecule has 0 heterocycles. The third-order valence-corrected chi connectivity index (χ3v) is 4.87. The maximum absolute atomic E-state index is 12.2. The van der Waals surface area contributed by atoms with Crippen molar-refractivity contribution in [3.63, 3.8) is 0 Å². The Morgan fingerprint density at radius 2 is 1.77 bits per heavy atom. The van der Waals surface area contributed by atoms with E-state index in [9.17, 15) is 23.6 Å². The average Bonchev–Trinajstić information content (AvgIpc) is 2.55. The van der Waals surface area contributed by atoms with Gasteiger partial charge in [0, 0.05) is 17.7 Å². The zero-order chi connectivity index (χ0) is 19.5. The molecule has 0 unspecified atom stereocenters. The van der Waals surface area contributed by atoms with Crippen LogP contribution >= 0.6 is 0 Å². The van der Waals surface area contributed by atoms with Gasteiger partial charge in [-0.15, -0.1) is 0 Å². The summed E-state index contributed by atoms with van der Waals surface area (Å²) in [6.07, 6.45) is 1.00. The first-order valence-electron chi connectivity index (χ1n) is 7.63. The van der Waals surface area contributed by atoms with Crippen LogP contribution in [0.25, 0.3) is 0 Å². The van der Waals surface area contributed by atoms with Crippen molar-refractivity contribution in [1.82, 2.24) is 4.83 Å². The van der Waals surface area contributed by atoms with E-state index in [1.54, 1.807) is 12.1 Å². The number of hydrogen-bond donors (Lipinski definition) is 2. The van der Waals surface area contributed by atoms with E-state index in [4.69, 9.17) is 0 Å². The Morgan fingerprint density at radius 3 is 2.31 bits per heavy atom. The second-order valence-corrected chi connectivity index (χ2v) is 8.29. The van der Waals surface area contributed by atoms with E-state index in [0.29, 0.717) is 0 Å². The number of rotatable bonds is 5. The van der Waals surface area contributed by atoms with Crippen LogP contribution < -0.4 is 4.83 Å². The Labute approximate surface area is 151 Å². The van der Waals surface area contributed by atoms with Crippen molar-refractivity contribution in [2.45, 2.75) is 31.1 Å². The van der Waals surface area contributed by atoms with Gasteiger partial charge in [0.05, 0.1) is 16.0 Å². The van der Waals surface area contributed by atoms with Crippen molar-refractivity contribution in [2.24, 2.45) is 5.10 Å². The van der Waals surface area contributed by atoms with Gasteiger partial charge in [0.15, 0.2) is 0 Å². The van der Waals surface area contributed by atoms with Crippen LogP contribution in [0.5, 0.6) is 5.75 Å². The summed E-state index contributed by atoms with van der Waals surface area (Å²) in [7, 11) is -3.90. The lowest BCUT2D eigenvalue weighted by molar-refractivity contribution is -0.384. The van der Waals surface area contributed by atoms with Crippen LogP contribution in [0, 0.1) is 10.1 Å². The fourth-order valence-electron chi connectivity index (χ4n) is 2.11.